The van der Waals surface area contributed by atoms with Crippen molar-refractivity contribution in [1.82, 2.24) is 5.43 Å². The van der Waals surface area contributed by atoms with Gasteiger partial charge in [0.1, 0.15) is 0 Å². The summed E-state index contributed by atoms with van der Waals surface area (Å²) in [6, 6.07) is 17.0. The monoisotopic (exact) mass is 328 g/mol. The Bertz CT molecular complexity index is 636. The van der Waals surface area contributed by atoms with E-state index < -0.39 is 0 Å². The molecule has 0 unspecified atom stereocenters. The summed E-state index contributed by atoms with van der Waals surface area (Å²) >= 11 is 3.32. The number of nitrogens with zero attached hydrogens (tertiary/aromatic N) is 1. The topological polar surface area (TPSA) is 41.5 Å². The Balaban J connectivity index is 1.87. The van der Waals surface area contributed by atoms with Crippen LogP contribution >= 0.6 is 15.9 Å². The van der Waals surface area contributed by atoms with Gasteiger partial charge in [-0.25, -0.2) is 5.43 Å². The molecule has 2 rings (SSSR count). The zero-order valence-electron chi connectivity index (χ0n) is 10.7. The fourth-order valence-electron chi connectivity index (χ4n) is 1.55. The minimum atomic E-state index is -0.240. The highest BCUT2D eigenvalue weighted by atomic mass is 79.9. The molecule has 0 bridgehead atoms. The first-order chi connectivity index (χ1) is 9.75. The van der Waals surface area contributed by atoms with E-state index in [9.17, 15) is 4.79 Å². The third-order valence-corrected chi connectivity index (χ3v) is 3.00. The smallest absolute Gasteiger partial charge is 0.267 e. The Morgan fingerprint density at radius 1 is 1.10 bits per heavy atom. The fourth-order valence-corrected chi connectivity index (χ4v) is 1.95. The molecule has 0 atom stereocenters. The summed E-state index contributed by atoms with van der Waals surface area (Å²) < 4.78 is 0.859. The second-order valence-corrected chi connectivity index (χ2v) is 4.91. The van der Waals surface area contributed by atoms with Crippen molar-refractivity contribution < 1.29 is 4.79 Å². The summed E-state index contributed by atoms with van der Waals surface area (Å²) in [5, 5.41) is 3.87. The van der Waals surface area contributed by atoms with Crippen molar-refractivity contribution in [2.75, 3.05) is 0 Å². The lowest BCUT2D eigenvalue weighted by Gasteiger charge is -1.99. The maximum atomic E-state index is 11.8. The Hall–Kier alpha value is -2.20. The average molecular weight is 329 g/mol. The molecular weight excluding hydrogens is 316 g/mol. The molecule has 100 valence electrons. The van der Waals surface area contributed by atoms with Gasteiger partial charge in [-0.2, -0.15) is 5.10 Å². The second kappa shape index (κ2) is 7.40. The standard InChI is InChI=1S/C16H13BrN2O/c17-15-10-4-9-14(12-15)16(20)19-18-11-5-8-13-6-2-1-3-7-13/h1-12H,(H,19,20)/b8-5+,18-11+. The summed E-state index contributed by atoms with van der Waals surface area (Å²) in [4.78, 5) is 11.8. The summed E-state index contributed by atoms with van der Waals surface area (Å²) in [6.07, 6.45) is 5.23. The van der Waals surface area contributed by atoms with Gasteiger partial charge in [0.25, 0.3) is 5.91 Å². The molecule has 0 aliphatic heterocycles. The van der Waals surface area contributed by atoms with E-state index in [1.807, 2.05) is 42.5 Å². The number of nitrogens with one attached hydrogen (secondary N) is 1. The molecule has 0 saturated heterocycles. The number of benzene rings is 2. The summed E-state index contributed by atoms with van der Waals surface area (Å²) in [5.41, 5.74) is 4.11. The van der Waals surface area contributed by atoms with Crippen LogP contribution in [0.2, 0.25) is 0 Å². The zero-order chi connectivity index (χ0) is 14.2. The Labute approximate surface area is 126 Å². The molecule has 0 heterocycles. The fraction of sp³-hybridized carbons (Fsp3) is 0. The van der Waals surface area contributed by atoms with E-state index in [0.717, 1.165) is 10.0 Å². The van der Waals surface area contributed by atoms with Crippen molar-refractivity contribution in [3.63, 3.8) is 0 Å². The first kappa shape index (κ1) is 14.2. The molecule has 2 aromatic carbocycles. The minimum absolute atomic E-state index is 0.240. The van der Waals surface area contributed by atoms with Crippen molar-refractivity contribution in [3.05, 3.63) is 76.3 Å². The molecule has 1 amide bonds. The molecule has 0 saturated carbocycles. The van der Waals surface area contributed by atoms with Gasteiger partial charge in [-0.15, -0.1) is 0 Å². The van der Waals surface area contributed by atoms with Crippen LogP contribution in [0.4, 0.5) is 0 Å². The molecule has 4 heteroatoms. The molecule has 0 radical (unpaired) electrons. The predicted octanol–water partition coefficient (Wildman–Crippen LogP) is 3.88. The number of hydrogen-bond acceptors (Lipinski definition) is 2. The van der Waals surface area contributed by atoms with E-state index in [4.69, 9.17) is 0 Å². The molecule has 0 aliphatic carbocycles. The maximum Gasteiger partial charge on any atom is 0.271 e. The van der Waals surface area contributed by atoms with Gasteiger partial charge in [-0.05, 0) is 29.8 Å². The van der Waals surface area contributed by atoms with Crippen molar-refractivity contribution in [2.24, 2.45) is 5.10 Å². The summed E-state index contributed by atoms with van der Waals surface area (Å²) in [5.74, 6) is -0.240. The highest BCUT2D eigenvalue weighted by Gasteiger charge is 2.03. The van der Waals surface area contributed by atoms with Crippen LogP contribution in [0.1, 0.15) is 15.9 Å². The van der Waals surface area contributed by atoms with E-state index in [0.29, 0.717) is 5.56 Å². The number of halogens is 1. The molecule has 2 aromatic rings. The van der Waals surface area contributed by atoms with E-state index in [1.165, 1.54) is 0 Å². The van der Waals surface area contributed by atoms with Gasteiger partial charge < -0.3 is 0 Å². The van der Waals surface area contributed by atoms with Crippen molar-refractivity contribution >= 4 is 34.1 Å². The van der Waals surface area contributed by atoms with Crippen molar-refractivity contribution in [2.45, 2.75) is 0 Å². The zero-order valence-corrected chi connectivity index (χ0v) is 12.2. The van der Waals surface area contributed by atoms with Gasteiger partial charge in [0.2, 0.25) is 0 Å². The average Bonchev–Trinajstić information content (AvgIpc) is 2.48. The Kier molecular flexibility index (Phi) is 5.26. The van der Waals surface area contributed by atoms with E-state index >= 15 is 0 Å². The summed E-state index contributed by atoms with van der Waals surface area (Å²) in [7, 11) is 0. The molecule has 0 aliphatic rings. The third kappa shape index (κ3) is 4.48. The predicted molar refractivity (Wildman–Crippen MR) is 85.6 cm³/mol. The number of allylic oxidation sites excluding steroid dienone is 1. The van der Waals surface area contributed by atoms with Crippen LogP contribution in [0.15, 0.2) is 70.2 Å². The number of hydrogen-bond donors (Lipinski definition) is 1. The number of carbonyl (C=O) groups is 1. The minimum Gasteiger partial charge on any atom is -0.267 e. The molecule has 0 fully saturated rings. The first-order valence-corrected chi connectivity index (χ1v) is 6.86. The number of amides is 1. The van der Waals surface area contributed by atoms with E-state index in [2.05, 4.69) is 26.5 Å². The third-order valence-electron chi connectivity index (χ3n) is 2.50. The largest absolute Gasteiger partial charge is 0.271 e. The maximum absolute atomic E-state index is 11.8. The quantitative estimate of drug-likeness (QED) is 0.671. The lowest BCUT2D eigenvalue weighted by molar-refractivity contribution is 0.0955. The normalized spacial score (nSPS) is 11.1. The molecule has 1 N–H and O–H groups in total. The van der Waals surface area contributed by atoms with Crippen molar-refractivity contribution in [1.29, 1.82) is 0 Å². The van der Waals surface area contributed by atoms with Crippen LogP contribution in [0.25, 0.3) is 6.08 Å². The lowest BCUT2D eigenvalue weighted by atomic mass is 10.2. The first-order valence-electron chi connectivity index (χ1n) is 6.06. The van der Waals surface area contributed by atoms with E-state index in [1.54, 1.807) is 30.5 Å². The Morgan fingerprint density at radius 2 is 1.90 bits per heavy atom. The van der Waals surface area contributed by atoms with Gasteiger partial charge in [0.15, 0.2) is 0 Å². The highest BCUT2D eigenvalue weighted by molar-refractivity contribution is 9.10. The number of carbonyl (C=O) groups excluding carboxylic acids is 1. The van der Waals surface area contributed by atoms with Crippen LogP contribution in [-0.4, -0.2) is 12.1 Å². The second-order valence-electron chi connectivity index (χ2n) is 4.00. The SMILES string of the molecule is O=C(N/N=C/C=C/c1ccccc1)c1cccc(Br)c1. The molecule has 0 spiro atoms. The van der Waals surface area contributed by atoms with Crippen LogP contribution in [0.3, 0.4) is 0 Å². The molecule has 20 heavy (non-hydrogen) atoms. The molecule has 3 nitrogen and oxygen atoms in total. The van der Waals surface area contributed by atoms with Gasteiger partial charge >= 0.3 is 0 Å². The molecule has 0 aromatic heterocycles. The highest BCUT2D eigenvalue weighted by Crippen LogP contribution is 2.11. The van der Waals surface area contributed by atoms with Gasteiger partial charge in [-0.3, -0.25) is 4.79 Å². The van der Waals surface area contributed by atoms with Crippen LogP contribution in [0.5, 0.6) is 0 Å². The van der Waals surface area contributed by atoms with Crippen LogP contribution in [-0.2, 0) is 0 Å². The summed E-state index contributed by atoms with van der Waals surface area (Å²) in [6.45, 7) is 0. The van der Waals surface area contributed by atoms with Crippen molar-refractivity contribution in [3.8, 4) is 0 Å². The molecular formula is C16H13BrN2O. The Morgan fingerprint density at radius 3 is 2.65 bits per heavy atom. The number of rotatable bonds is 4. The van der Waals surface area contributed by atoms with Crippen LogP contribution < -0.4 is 5.43 Å². The van der Waals surface area contributed by atoms with Gasteiger partial charge in [-0.1, -0.05) is 58.4 Å². The number of hydrazone groups is 1. The van der Waals surface area contributed by atoms with E-state index in [-0.39, 0.29) is 5.91 Å². The van der Waals surface area contributed by atoms with Gasteiger partial charge in [0.05, 0.1) is 0 Å². The van der Waals surface area contributed by atoms with Gasteiger partial charge in [0, 0.05) is 16.3 Å². The van der Waals surface area contributed by atoms with Crippen LogP contribution in [0, 0.1) is 0 Å². The lowest BCUT2D eigenvalue weighted by Crippen LogP contribution is -2.17.